The average molecular weight is 180 g/mol. The van der Waals surface area contributed by atoms with Crippen molar-refractivity contribution in [1.82, 2.24) is 0 Å². The molecular weight excluding hydrogens is 167 g/mol. The molecule has 1 aromatic carbocycles. The molecule has 0 heterocycles. The van der Waals surface area contributed by atoms with Crippen LogP contribution in [0.4, 0.5) is 4.39 Å². The summed E-state index contributed by atoms with van der Waals surface area (Å²) in [5.41, 5.74) is 1.48. The van der Waals surface area contributed by atoms with E-state index in [1.807, 2.05) is 6.07 Å². The first kappa shape index (κ1) is 9.90. The van der Waals surface area contributed by atoms with Crippen LogP contribution in [-0.2, 0) is 17.6 Å². The lowest BCUT2D eigenvalue weighted by molar-refractivity contribution is -0.107. The number of hydrogen-bond acceptors (Lipinski definition) is 1. The van der Waals surface area contributed by atoms with Crippen LogP contribution in [0.1, 0.15) is 24.5 Å². The molecule has 13 heavy (non-hydrogen) atoms. The van der Waals surface area contributed by atoms with Gasteiger partial charge in [-0.25, -0.2) is 4.39 Å². The highest BCUT2D eigenvalue weighted by Gasteiger charge is 2.01. The Labute approximate surface area is 77.6 Å². The zero-order chi connectivity index (χ0) is 9.68. The summed E-state index contributed by atoms with van der Waals surface area (Å²) in [5, 5.41) is 0. The molecule has 0 saturated carbocycles. The predicted octanol–water partition coefficient (Wildman–Crippen LogP) is 2.52. The van der Waals surface area contributed by atoms with Crippen molar-refractivity contribution >= 4 is 6.29 Å². The van der Waals surface area contributed by atoms with Crippen molar-refractivity contribution in [1.29, 1.82) is 0 Å². The molecule has 2 heteroatoms. The Morgan fingerprint density at radius 3 is 2.77 bits per heavy atom. The van der Waals surface area contributed by atoms with Crippen molar-refractivity contribution in [3.8, 4) is 0 Å². The number of hydrogen-bond donors (Lipinski definition) is 0. The van der Waals surface area contributed by atoms with Gasteiger partial charge >= 0.3 is 0 Å². The molecular formula is C11H13FO. The van der Waals surface area contributed by atoms with Gasteiger partial charge in [-0.15, -0.1) is 0 Å². The Kier molecular flexibility index (Phi) is 3.62. The summed E-state index contributed by atoms with van der Waals surface area (Å²) in [6, 6.07) is 5.09. The van der Waals surface area contributed by atoms with Crippen LogP contribution in [0.2, 0.25) is 0 Å². The summed E-state index contributed by atoms with van der Waals surface area (Å²) in [4.78, 5) is 10.2. The molecule has 0 N–H and O–H groups in total. The summed E-state index contributed by atoms with van der Waals surface area (Å²) in [5.74, 6) is -0.266. The van der Waals surface area contributed by atoms with Gasteiger partial charge in [0.2, 0.25) is 0 Å². The number of carbonyl (C=O) groups is 1. The third kappa shape index (κ3) is 2.65. The molecule has 0 atom stereocenters. The number of halogens is 1. The molecule has 0 aliphatic rings. The van der Waals surface area contributed by atoms with Gasteiger partial charge < -0.3 is 4.79 Å². The van der Waals surface area contributed by atoms with Gasteiger partial charge in [0.1, 0.15) is 12.1 Å². The lowest BCUT2D eigenvalue weighted by Crippen LogP contribution is -1.93. The van der Waals surface area contributed by atoms with Crippen LogP contribution in [0.5, 0.6) is 0 Å². The second-order valence-corrected chi connectivity index (χ2v) is 3.05. The number of benzene rings is 1. The maximum absolute atomic E-state index is 13.2. The number of aldehydes is 1. The standard InChI is InChI=1S/C11H13FO/c1-2-3-9-4-5-10(6-7-13)11(12)8-9/h4-5,7-8H,2-3,6H2,1H3. The minimum atomic E-state index is -0.266. The summed E-state index contributed by atoms with van der Waals surface area (Å²) in [6.07, 6.45) is 2.78. The van der Waals surface area contributed by atoms with Crippen LogP contribution in [0.15, 0.2) is 18.2 Å². The molecule has 1 aromatic rings. The molecule has 0 aliphatic carbocycles. The first-order valence-corrected chi connectivity index (χ1v) is 4.49. The molecule has 0 amide bonds. The van der Waals surface area contributed by atoms with Crippen molar-refractivity contribution in [2.75, 3.05) is 0 Å². The lowest BCUT2D eigenvalue weighted by Gasteiger charge is -2.02. The van der Waals surface area contributed by atoms with Crippen LogP contribution in [0.25, 0.3) is 0 Å². The highest BCUT2D eigenvalue weighted by atomic mass is 19.1. The molecule has 0 aromatic heterocycles. The molecule has 0 aliphatic heterocycles. The topological polar surface area (TPSA) is 17.1 Å². The minimum Gasteiger partial charge on any atom is -0.303 e. The molecule has 0 saturated heterocycles. The van der Waals surface area contributed by atoms with Gasteiger partial charge in [-0.05, 0) is 23.6 Å². The Hall–Kier alpha value is -1.18. The molecule has 1 nitrogen and oxygen atoms in total. The van der Waals surface area contributed by atoms with Gasteiger partial charge in [-0.2, -0.15) is 0 Å². The van der Waals surface area contributed by atoms with Crippen molar-refractivity contribution in [2.24, 2.45) is 0 Å². The zero-order valence-corrected chi connectivity index (χ0v) is 7.72. The van der Waals surface area contributed by atoms with E-state index in [-0.39, 0.29) is 12.2 Å². The molecule has 1 rings (SSSR count). The van der Waals surface area contributed by atoms with Crippen LogP contribution in [0, 0.1) is 5.82 Å². The van der Waals surface area contributed by atoms with Crippen molar-refractivity contribution in [2.45, 2.75) is 26.2 Å². The van der Waals surface area contributed by atoms with E-state index < -0.39 is 0 Å². The molecule has 0 unspecified atom stereocenters. The van der Waals surface area contributed by atoms with Gasteiger partial charge in [0.25, 0.3) is 0 Å². The largest absolute Gasteiger partial charge is 0.303 e. The first-order valence-electron chi connectivity index (χ1n) is 4.49. The Morgan fingerprint density at radius 2 is 2.23 bits per heavy atom. The maximum atomic E-state index is 13.2. The number of rotatable bonds is 4. The van der Waals surface area contributed by atoms with Crippen LogP contribution in [-0.4, -0.2) is 6.29 Å². The van der Waals surface area contributed by atoms with E-state index in [9.17, 15) is 9.18 Å². The van der Waals surface area contributed by atoms with E-state index in [1.54, 1.807) is 6.07 Å². The fourth-order valence-corrected chi connectivity index (χ4v) is 1.29. The quantitative estimate of drug-likeness (QED) is 0.651. The van der Waals surface area contributed by atoms with Gasteiger partial charge in [0.05, 0.1) is 0 Å². The fraction of sp³-hybridized carbons (Fsp3) is 0.364. The van der Waals surface area contributed by atoms with Crippen molar-refractivity contribution in [3.05, 3.63) is 35.1 Å². The van der Waals surface area contributed by atoms with E-state index in [1.165, 1.54) is 6.07 Å². The van der Waals surface area contributed by atoms with Crippen molar-refractivity contribution < 1.29 is 9.18 Å². The summed E-state index contributed by atoms with van der Waals surface area (Å²) in [6.45, 7) is 2.05. The molecule has 0 radical (unpaired) electrons. The van der Waals surface area contributed by atoms with E-state index in [4.69, 9.17) is 0 Å². The van der Waals surface area contributed by atoms with Crippen LogP contribution in [0.3, 0.4) is 0 Å². The zero-order valence-electron chi connectivity index (χ0n) is 7.72. The molecule has 0 fully saturated rings. The second-order valence-electron chi connectivity index (χ2n) is 3.05. The summed E-state index contributed by atoms with van der Waals surface area (Å²) in [7, 11) is 0. The van der Waals surface area contributed by atoms with Gasteiger partial charge in [0, 0.05) is 6.42 Å². The Balaban J connectivity index is 2.84. The normalized spacial score (nSPS) is 10.0. The monoisotopic (exact) mass is 180 g/mol. The average Bonchev–Trinajstić information content (AvgIpc) is 2.10. The predicted molar refractivity (Wildman–Crippen MR) is 50.2 cm³/mol. The number of aryl methyl sites for hydroxylation is 1. The highest BCUT2D eigenvalue weighted by molar-refractivity contribution is 5.55. The minimum absolute atomic E-state index is 0.165. The van der Waals surface area contributed by atoms with Gasteiger partial charge in [-0.1, -0.05) is 25.5 Å². The molecule has 0 spiro atoms. The van der Waals surface area contributed by atoms with E-state index >= 15 is 0 Å². The van der Waals surface area contributed by atoms with Crippen LogP contribution < -0.4 is 0 Å². The lowest BCUT2D eigenvalue weighted by atomic mass is 10.1. The first-order chi connectivity index (χ1) is 6.27. The smallest absolute Gasteiger partial charge is 0.127 e. The van der Waals surface area contributed by atoms with Gasteiger partial charge in [0.15, 0.2) is 0 Å². The maximum Gasteiger partial charge on any atom is 0.127 e. The SMILES string of the molecule is CCCc1ccc(CC=O)c(F)c1. The number of carbonyl (C=O) groups excluding carboxylic acids is 1. The van der Waals surface area contributed by atoms with Crippen molar-refractivity contribution in [3.63, 3.8) is 0 Å². The second kappa shape index (κ2) is 4.75. The highest BCUT2D eigenvalue weighted by Crippen LogP contribution is 2.11. The third-order valence-corrected chi connectivity index (χ3v) is 1.96. The molecule has 0 bridgehead atoms. The van der Waals surface area contributed by atoms with E-state index in [0.717, 1.165) is 24.7 Å². The summed E-state index contributed by atoms with van der Waals surface area (Å²) < 4.78 is 13.2. The summed E-state index contributed by atoms with van der Waals surface area (Å²) >= 11 is 0. The Morgan fingerprint density at radius 1 is 1.46 bits per heavy atom. The Bertz CT molecular complexity index is 294. The molecule has 70 valence electrons. The van der Waals surface area contributed by atoms with E-state index in [2.05, 4.69) is 6.92 Å². The van der Waals surface area contributed by atoms with Gasteiger partial charge in [-0.3, -0.25) is 0 Å². The third-order valence-electron chi connectivity index (χ3n) is 1.96. The fourth-order valence-electron chi connectivity index (χ4n) is 1.29. The van der Waals surface area contributed by atoms with Crippen LogP contribution >= 0.6 is 0 Å². The van der Waals surface area contributed by atoms with E-state index in [0.29, 0.717) is 5.56 Å².